The predicted octanol–water partition coefficient (Wildman–Crippen LogP) is 1.40. The molecule has 4 nitrogen and oxygen atoms in total. The summed E-state index contributed by atoms with van der Waals surface area (Å²) < 4.78 is 0. The van der Waals surface area contributed by atoms with Crippen LogP contribution < -0.4 is 5.32 Å². The number of nitrogens with one attached hydrogen (secondary N) is 1. The number of aliphatic carboxylic acids is 1. The average Bonchev–Trinajstić information content (AvgIpc) is 2.65. The number of carboxylic acids is 1. The van der Waals surface area contributed by atoms with E-state index in [0.717, 1.165) is 25.7 Å². The molecule has 0 radical (unpaired) electrons. The molecule has 0 aromatic rings. The molecule has 2 N–H and O–H groups in total. The fraction of sp³-hybridized carbons (Fsp3) is 0.818. The van der Waals surface area contributed by atoms with Crippen molar-refractivity contribution < 1.29 is 14.7 Å². The molecule has 0 spiro atoms. The molecule has 0 bridgehead atoms. The third-order valence-electron chi connectivity index (χ3n) is 2.96. The lowest BCUT2D eigenvalue weighted by Crippen LogP contribution is -2.46. The normalized spacial score (nSPS) is 19.1. The minimum atomic E-state index is -0.948. The van der Waals surface area contributed by atoms with Crippen molar-refractivity contribution in [1.82, 2.24) is 5.32 Å². The number of hydrogen-bond acceptors (Lipinski definition) is 2. The van der Waals surface area contributed by atoms with Crippen LogP contribution in [0, 0.1) is 11.8 Å². The van der Waals surface area contributed by atoms with Crippen LogP contribution in [0.25, 0.3) is 0 Å². The molecule has 86 valence electrons. The maximum absolute atomic E-state index is 11.7. The molecule has 1 aliphatic carbocycles. The zero-order valence-corrected chi connectivity index (χ0v) is 9.32. The van der Waals surface area contributed by atoms with Gasteiger partial charge in [0.05, 0.1) is 0 Å². The molecule has 0 aliphatic heterocycles. The van der Waals surface area contributed by atoms with Crippen LogP contribution in [0.5, 0.6) is 0 Å². The predicted molar refractivity (Wildman–Crippen MR) is 56.4 cm³/mol. The van der Waals surface area contributed by atoms with Crippen LogP contribution in [0.3, 0.4) is 0 Å². The third kappa shape index (κ3) is 3.22. The first-order chi connectivity index (χ1) is 7.02. The molecule has 4 heteroatoms. The molecule has 1 atom stereocenters. The van der Waals surface area contributed by atoms with Crippen molar-refractivity contribution in [3.8, 4) is 0 Å². The van der Waals surface area contributed by atoms with Gasteiger partial charge in [-0.2, -0.15) is 0 Å². The zero-order chi connectivity index (χ0) is 11.4. The van der Waals surface area contributed by atoms with Gasteiger partial charge in [0.2, 0.25) is 5.91 Å². The standard InChI is InChI=1S/C11H19NO3/c1-7(2)9(11(14)15)12-10(13)8-5-3-4-6-8/h7-9H,3-6H2,1-2H3,(H,12,13)(H,14,15)/t9-/m1/s1. The summed E-state index contributed by atoms with van der Waals surface area (Å²) in [4.78, 5) is 22.6. The van der Waals surface area contributed by atoms with Gasteiger partial charge in [0, 0.05) is 5.92 Å². The van der Waals surface area contributed by atoms with Gasteiger partial charge in [0.15, 0.2) is 0 Å². The molecule has 15 heavy (non-hydrogen) atoms. The van der Waals surface area contributed by atoms with Gasteiger partial charge in [0.25, 0.3) is 0 Å². The highest BCUT2D eigenvalue weighted by Crippen LogP contribution is 2.24. The van der Waals surface area contributed by atoms with Gasteiger partial charge >= 0.3 is 5.97 Å². The van der Waals surface area contributed by atoms with Gasteiger partial charge < -0.3 is 10.4 Å². The Morgan fingerprint density at radius 3 is 2.20 bits per heavy atom. The smallest absolute Gasteiger partial charge is 0.326 e. The number of carbonyl (C=O) groups excluding carboxylic acids is 1. The minimum absolute atomic E-state index is 0.0330. The fourth-order valence-corrected chi connectivity index (χ4v) is 1.97. The summed E-state index contributed by atoms with van der Waals surface area (Å²) in [5.41, 5.74) is 0. The summed E-state index contributed by atoms with van der Waals surface area (Å²) in [6.07, 6.45) is 3.96. The van der Waals surface area contributed by atoms with Gasteiger partial charge in [-0.3, -0.25) is 4.79 Å². The second-order valence-corrected chi connectivity index (χ2v) is 4.55. The topological polar surface area (TPSA) is 66.4 Å². The SMILES string of the molecule is CC(C)[C@@H](NC(=O)C1CCCC1)C(=O)O. The maximum atomic E-state index is 11.7. The largest absolute Gasteiger partial charge is 0.480 e. The molecule has 1 amide bonds. The lowest BCUT2D eigenvalue weighted by Gasteiger charge is -2.20. The van der Waals surface area contributed by atoms with Crippen molar-refractivity contribution in [2.45, 2.75) is 45.6 Å². The van der Waals surface area contributed by atoms with Crippen molar-refractivity contribution in [2.75, 3.05) is 0 Å². The average molecular weight is 213 g/mol. The Hall–Kier alpha value is -1.06. The Balaban J connectivity index is 2.50. The van der Waals surface area contributed by atoms with Gasteiger partial charge in [-0.15, -0.1) is 0 Å². The van der Waals surface area contributed by atoms with E-state index in [1.165, 1.54) is 0 Å². The van der Waals surface area contributed by atoms with E-state index >= 15 is 0 Å². The summed E-state index contributed by atoms with van der Waals surface area (Å²) >= 11 is 0. The van der Waals surface area contributed by atoms with E-state index < -0.39 is 12.0 Å². The quantitative estimate of drug-likeness (QED) is 0.741. The van der Waals surface area contributed by atoms with E-state index in [1.54, 1.807) is 13.8 Å². The highest BCUT2D eigenvalue weighted by molar-refractivity contribution is 5.85. The zero-order valence-electron chi connectivity index (χ0n) is 9.32. The van der Waals surface area contributed by atoms with Crippen molar-refractivity contribution in [2.24, 2.45) is 11.8 Å². The Morgan fingerprint density at radius 2 is 1.80 bits per heavy atom. The van der Waals surface area contributed by atoms with Crippen LogP contribution in [0.4, 0.5) is 0 Å². The lowest BCUT2D eigenvalue weighted by molar-refractivity contribution is -0.143. The second-order valence-electron chi connectivity index (χ2n) is 4.55. The maximum Gasteiger partial charge on any atom is 0.326 e. The molecule has 0 saturated heterocycles. The van der Waals surface area contributed by atoms with Crippen LogP contribution in [0.2, 0.25) is 0 Å². The van der Waals surface area contributed by atoms with E-state index in [2.05, 4.69) is 5.32 Å². The first-order valence-corrected chi connectivity index (χ1v) is 5.55. The van der Waals surface area contributed by atoms with Crippen molar-refractivity contribution in [3.05, 3.63) is 0 Å². The molecular formula is C11H19NO3. The molecule has 1 rings (SSSR count). The third-order valence-corrected chi connectivity index (χ3v) is 2.96. The molecule has 0 heterocycles. The highest BCUT2D eigenvalue weighted by atomic mass is 16.4. The van der Waals surface area contributed by atoms with Crippen LogP contribution in [-0.4, -0.2) is 23.0 Å². The lowest BCUT2D eigenvalue weighted by atomic mass is 10.0. The molecular weight excluding hydrogens is 194 g/mol. The monoisotopic (exact) mass is 213 g/mol. The van der Waals surface area contributed by atoms with E-state index in [-0.39, 0.29) is 17.7 Å². The summed E-state index contributed by atoms with van der Waals surface area (Å²) in [5, 5.41) is 11.5. The number of hydrogen-bond donors (Lipinski definition) is 2. The van der Waals surface area contributed by atoms with Gasteiger partial charge in [-0.05, 0) is 18.8 Å². The first kappa shape index (κ1) is 12.0. The summed E-state index contributed by atoms with van der Waals surface area (Å²) in [6.45, 7) is 3.60. The van der Waals surface area contributed by atoms with Crippen molar-refractivity contribution in [3.63, 3.8) is 0 Å². The fourth-order valence-electron chi connectivity index (χ4n) is 1.97. The van der Waals surface area contributed by atoms with Gasteiger partial charge in [-0.25, -0.2) is 4.79 Å². The number of carbonyl (C=O) groups is 2. The van der Waals surface area contributed by atoms with E-state index in [4.69, 9.17) is 5.11 Å². The van der Waals surface area contributed by atoms with Gasteiger partial charge in [0.1, 0.15) is 6.04 Å². The molecule has 1 aliphatic rings. The Morgan fingerprint density at radius 1 is 1.27 bits per heavy atom. The highest BCUT2D eigenvalue weighted by Gasteiger charge is 2.28. The molecule has 1 saturated carbocycles. The number of carboxylic acid groups (broad SMARTS) is 1. The van der Waals surface area contributed by atoms with Crippen molar-refractivity contribution >= 4 is 11.9 Å². The number of rotatable bonds is 4. The molecule has 0 aromatic heterocycles. The van der Waals surface area contributed by atoms with Crippen LogP contribution >= 0.6 is 0 Å². The Bertz CT molecular complexity index is 244. The van der Waals surface area contributed by atoms with Gasteiger partial charge in [-0.1, -0.05) is 26.7 Å². The Labute approximate surface area is 90.0 Å². The van der Waals surface area contributed by atoms with E-state index in [0.29, 0.717) is 0 Å². The molecule has 1 fully saturated rings. The van der Waals surface area contributed by atoms with E-state index in [9.17, 15) is 9.59 Å². The van der Waals surface area contributed by atoms with Crippen LogP contribution in [-0.2, 0) is 9.59 Å². The molecule has 0 unspecified atom stereocenters. The minimum Gasteiger partial charge on any atom is -0.480 e. The Kier molecular flexibility index (Phi) is 4.12. The summed E-state index contributed by atoms with van der Waals surface area (Å²) in [6, 6.07) is -0.752. The summed E-state index contributed by atoms with van der Waals surface area (Å²) in [7, 11) is 0. The van der Waals surface area contributed by atoms with Crippen LogP contribution in [0.1, 0.15) is 39.5 Å². The molecule has 0 aromatic carbocycles. The number of amides is 1. The second kappa shape index (κ2) is 5.14. The van der Waals surface area contributed by atoms with E-state index in [1.807, 2.05) is 0 Å². The summed E-state index contributed by atoms with van der Waals surface area (Å²) in [5.74, 6) is -1.08. The first-order valence-electron chi connectivity index (χ1n) is 5.55. The van der Waals surface area contributed by atoms with Crippen molar-refractivity contribution in [1.29, 1.82) is 0 Å². The van der Waals surface area contributed by atoms with Crippen LogP contribution in [0.15, 0.2) is 0 Å².